The van der Waals surface area contributed by atoms with E-state index < -0.39 is 5.97 Å². The number of aryl methyl sites for hydroxylation is 1. The summed E-state index contributed by atoms with van der Waals surface area (Å²) in [5.74, 6) is -0.843. The van der Waals surface area contributed by atoms with Gasteiger partial charge >= 0.3 is 5.97 Å². The second-order valence-corrected chi connectivity index (χ2v) is 6.28. The largest absolute Gasteiger partial charge is 0.452 e. The van der Waals surface area contributed by atoms with Crippen molar-refractivity contribution in [2.75, 3.05) is 6.61 Å². The molecule has 0 bridgehead atoms. The third-order valence-electron chi connectivity index (χ3n) is 4.17. The smallest absolute Gasteiger partial charge is 0.338 e. The summed E-state index contributed by atoms with van der Waals surface area (Å²) in [6.07, 6.45) is 0. The SMILES string of the molecule is Cc1ccc(CNC(=O)COC(=O)c2ccc(-c3ccccc3)cc2)cc1. The Kier molecular flexibility index (Phi) is 6.00. The lowest BCUT2D eigenvalue weighted by atomic mass is 10.0. The first-order valence-corrected chi connectivity index (χ1v) is 8.77. The van der Waals surface area contributed by atoms with Gasteiger partial charge in [0.25, 0.3) is 5.91 Å². The van der Waals surface area contributed by atoms with Gasteiger partial charge in [-0.1, -0.05) is 72.3 Å². The highest BCUT2D eigenvalue weighted by molar-refractivity contribution is 5.91. The maximum Gasteiger partial charge on any atom is 0.338 e. The molecule has 0 radical (unpaired) electrons. The average Bonchev–Trinajstić information content (AvgIpc) is 2.72. The van der Waals surface area contributed by atoms with E-state index in [1.54, 1.807) is 12.1 Å². The van der Waals surface area contributed by atoms with E-state index in [1.165, 1.54) is 0 Å². The van der Waals surface area contributed by atoms with Crippen LogP contribution in [0, 0.1) is 6.92 Å². The minimum absolute atomic E-state index is 0.300. The number of amides is 1. The van der Waals surface area contributed by atoms with E-state index in [4.69, 9.17) is 4.74 Å². The molecule has 3 aromatic rings. The van der Waals surface area contributed by atoms with Crippen molar-refractivity contribution in [2.24, 2.45) is 0 Å². The number of carbonyl (C=O) groups is 2. The van der Waals surface area contributed by atoms with Crippen molar-refractivity contribution < 1.29 is 14.3 Å². The zero-order valence-corrected chi connectivity index (χ0v) is 15.1. The number of benzene rings is 3. The topological polar surface area (TPSA) is 55.4 Å². The third kappa shape index (κ3) is 5.28. The fraction of sp³-hybridized carbons (Fsp3) is 0.130. The van der Waals surface area contributed by atoms with Gasteiger partial charge in [0, 0.05) is 6.54 Å². The van der Waals surface area contributed by atoms with Crippen LogP contribution in [0.1, 0.15) is 21.5 Å². The molecular weight excluding hydrogens is 338 g/mol. The summed E-state index contributed by atoms with van der Waals surface area (Å²) in [4.78, 5) is 24.0. The highest BCUT2D eigenvalue weighted by atomic mass is 16.5. The molecule has 0 saturated carbocycles. The molecule has 0 fully saturated rings. The van der Waals surface area contributed by atoms with Gasteiger partial charge < -0.3 is 10.1 Å². The van der Waals surface area contributed by atoms with E-state index in [9.17, 15) is 9.59 Å². The van der Waals surface area contributed by atoms with Crippen molar-refractivity contribution in [1.29, 1.82) is 0 Å². The van der Waals surface area contributed by atoms with Gasteiger partial charge in [-0.05, 0) is 35.7 Å². The first-order chi connectivity index (χ1) is 13.1. The normalized spacial score (nSPS) is 10.3. The lowest BCUT2D eigenvalue weighted by Gasteiger charge is -2.08. The number of ether oxygens (including phenoxy) is 1. The molecule has 3 rings (SSSR count). The molecule has 1 N–H and O–H groups in total. The Morgan fingerprint density at radius 3 is 2.11 bits per heavy atom. The fourth-order valence-electron chi connectivity index (χ4n) is 2.60. The molecule has 0 aromatic heterocycles. The molecule has 4 heteroatoms. The maximum atomic E-state index is 12.1. The molecule has 1 amide bonds. The number of hydrogen-bond acceptors (Lipinski definition) is 3. The number of esters is 1. The van der Waals surface area contributed by atoms with Crippen LogP contribution < -0.4 is 5.32 Å². The minimum atomic E-state index is -0.514. The highest BCUT2D eigenvalue weighted by Crippen LogP contribution is 2.19. The molecule has 0 aliphatic heterocycles. The van der Waals surface area contributed by atoms with Crippen LogP contribution in [0.2, 0.25) is 0 Å². The van der Waals surface area contributed by atoms with Gasteiger partial charge in [0.15, 0.2) is 6.61 Å². The van der Waals surface area contributed by atoms with Crippen LogP contribution in [0.5, 0.6) is 0 Å². The van der Waals surface area contributed by atoms with Crippen LogP contribution in [0.3, 0.4) is 0 Å². The molecule has 3 aromatic carbocycles. The Morgan fingerprint density at radius 1 is 0.815 bits per heavy atom. The Labute approximate surface area is 158 Å². The Balaban J connectivity index is 1.48. The number of carbonyl (C=O) groups excluding carboxylic acids is 2. The first-order valence-electron chi connectivity index (χ1n) is 8.77. The standard InChI is InChI=1S/C23H21NO3/c1-17-7-9-18(10-8-17)15-24-22(25)16-27-23(26)21-13-11-20(12-14-21)19-5-3-2-4-6-19/h2-14H,15-16H2,1H3,(H,24,25). The Morgan fingerprint density at radius 2 is 1.44 bits per heavy atom. The van der Waals surface area contributed by atoms with Crippen molar-refractivity contribution in [1.82, 2.24) is 5.32 Å². The Hall–Kier alpha value is -3.40. The second kappa shape index (κ2) is 8.81. The van der Waals surface area contributed by atoms with Crippen LogP contribution in [0.25, 0.3) is 11.1 Å². The Bertz CT molecular complexity index is 901. The van der Waals surface area contributed by atoms with Gasteiger partial charge in [-0.3, -0.25) is 4.79 Å². The molecule has 0 unspecified atom stereocenters. The van der Waals surface area contributed by atoms with E-state index in [1.807, 2.05) is 73.7 Å². The zero-order valence-electron chi connectivity index (χ0n) is 15.1. The van der Waals surface area contributed by atoms with Crippen LogP contribution in [-0.2, 0) is 16.1 Å². The summed E-state index contributed by atoms with van der Waals surface area (Å²) in [6.45, 7) is 2.11. The van der Waals surface area contributed by atoms with Crippen molar-refractivity contribution in [3.63, 3.8) is 0 Å². The fourth-order valence-corrected chi connectivity index (χ4v) is 2.60. The maximum absolute atomic E-state index is 12.1. The second-order valence-electron chi connectivity index (χ2n) is 6.28. The highest BCUT2D eigenvalue weighted by Gasteiger charge is 2.10. The first kappa shape index (κ1) is 18.4. The molecule has 27 heavy (non-hydrogen) atoms. The summed E-state index contributed by atoms with van der Waals surface area (Å²) >= 11 is 0. The number of nitrogens with one attached hydrogen (secondary N) is 1. The van der Waals surface area contributed by atoms with Gasteiger partial charge in [-0.25, -0.2) is 4.79 Å². The van der Waals surface area contributed by atoms with E-state index in [0.717, 1.165) is 22.3 Å². The van der Waals surface area contributed by atoms with Gasteiger partial charge in [0.2, 0.25) is 0 Å². The lowest BCUT2D eigenvalue weighted by molar-refractivity contribution is -0.124. The quantitative estimate of drug-likeness (QED) is 0.673. The molecule has 136 valence electrons. The summed E-state index contributed by atoms with van der Waals surface area (Å²) in [5.41, 5.74) is 4.67. The van der Waals surface area contributed by atoms with Crippen molar-refractivity contribution in [3.05, 3.63) is 95.6 Å². The van der Waals surface area contributed by atoms with Crippen molar-refractivity contribution >= 4 is 11.9 Å². The predicted octanol–water partition coefficient (Wildman–Crippen LogP) is 4.14. The van der Waals surface area contributed by atoms with E-state index in [2.05, 4.69) is 5.32 Å². The molecule has 0 heterocycles. The van der Waals surface area contributed by atoms with Crippen LogP contribution >= 0.6 is 0 Å². The molecule has 0 aliphatic carbocycles. The van der Waals surface area contributed by atoms with Crippen LogP contribution in [-0.4, -0.2) is 18.5 Å². The summed E-state index contributed by atoms with van der Waals surface area (Å²) in [6, 6.07) is 24.9. The molecular formula is C23H21NO3. The van der Waals surface area contributed by atoms with E-state index >= 15 is 0 Å². The zero-order chi connectivity index (χ0) is 19.1. The van der Waals surface area contributed by atoms with Crippen molar-refractivity contribution in [3.8, 4) is 11.1 Å². The average molecular weight is 359 g/mol. The number of hydrogen-bond donors (Lipinski definition) is 1. The molecule has 0 aliphatic rings. The summed E-state index contributed by atoms with van der Waals surface area (Å²) < 4.78 is 5.09. The monoisotopic (exact) mass is 359 g/mol. The minimum Gasteiger partial charge on any atom is -0.452 e. The molecule has 0 spiro atoms. The molecule has 0 saturated heterocycles. The molecule has 0 atom stereocenters. The lowest BCUT2D eigenvalue weighted by Crippen LogP contribution is -2.28. The van der Waals surface area contributed by atoms with E-state index in [-0.39, 0.29) is 12.5 Å². The van der Waals surface area contributed by atoms with Gasteiger partial charge in [0.1, 0.15) is 0 Å². The summed E-state index contributed by atoms with van der Waals surface area (Å²) in [7, 11) is 0. The predicted molar refractivity (Wildman–Crippen MR) is 105 cm³/mol. The van der Waals surface area contributed by atoms with Gasteiger partial charge in [-0.15, -0.1) is 0 Å². The number of rotatable bonds is 6. The van der Waals surface area contributed by atoms with Crippen LogP contribution in [0.15, 0.2) is 78.9 Å². The van der Waals surface area contributed by atoms with Crippen molar-refractivity contribution in [2.45, 2.75) is 13.5 Å². The molecule has 4 nitrogen and oxygen atoms in total. The van der Waals surface area contributed by atoms with E-state index in [0.29, 0.717) is 12.1 Å². The van der Waals surface area contributed by atoms with Gasteiger partial charge in [-0.2, -0.15) is 0 Å². The summed E-state index contributed by atoms with van der Waals surface area (Å²) in [5, 5.41) is 2.74. The van der Waals surface area contributed by atoms with Crippen LogP contribution in [0.4, 0.5) is 0 Å². The van der Waals surface area contributed by atoms with Gasteiger partial charge in [0.05, 0.1) is 5.56 Å². The third-order valence-corrected chi connectivity index (χ3v) is 4.17.